The molecule has 0 spiro atoms. The van der Waals surface area contributed by atoms with Crippen LogP contribution in [-0.4, -0.2) is 18.3 Å². The minimum atomic E-state index is 0.169. The zero-order chi connectivity index (χ0) is 13.7. The van der Waals surface area contributed by atoms with Gasteiger partial charge in [0, 0.05) is 19.1 Å². The van der Waals surface area contributed by atoms with Gasteiger partial charge in [0.25, 0.3) is 0 Å². The van der Waals surface area contributed by atoms with Crippen LogP contribution in [0, 0.1) is 19.8 Å². The van der Waals surface area contributed by atoms with E-state index >= 15 is 0 Å². The Kier molecular flexibility index (Phi) is 5.17. The molecule has 1 aliphatic rings. The van der Waals surface area contributed by atoms with Crippen molar-refractivity contribution in [2.75, 3.05) is 13.2 Å². The summed E-state index contributed by atoms with van der Waals surface area (Å²) in [5.74, 6) is 0.432. The van der Waals surface area contributed by atoms with E-state index in [2.05, 4.69) is 44.2 Å². The average Bonchev–Trinajstić information content (AvgIpc) is 2.38. The first-order valence-electron chi connectivity index (χ1n) is 7.18. The van der Waals surface area contributed by atoms with Crippen LogP contribution in [0.4, 0.5) is 0 Å². The van der Waals surface area contributed by atoms with Crippen molar-refractivity contribution in [3.8, 4) is 0 Å². The van der Waals surface area contributed by atoms with Crippen molar-refractivity contribution in [3.05, 3.63) is 47.0 Å². The predicted molar refractivity (Wildman–Crippen MR) is 78.2 cm³/mol. The molecular weight excluding hydrogens is 236 g/mol. The molecule has 1 heterocycles. The minimum Gasteiger partial charge on any atom is -0.396 e. The Hall–Kier alpha value is -1.12. The van der Waals surface area contributed by atoms with Crippen molar-refractivity contribution in [2.45, 2.75) is 39.2 Å². The largest absolute Gasteiger partial charge is 0.396 e. The van der Waals surface area contributed by atoms with Crippen LogP contribution in [0.15, 0.2) is 30.4 Å². The van der Waals surface area contributed by atoms with Crippen LogP contribution >= 0.6 is 0 Å². The molecule has 0 amide bonds. The van der Waals surface area contributed by atoms with Gasteiger partial charge >= 0.3 is 0 Å². The van der Waals surface area contributed by atoms with Gasteiger partial charge in [-0.15, -0.1) is 0 Å². The second kappa shape index (κ2) is 6.88. The van der Waals surface area contributed by atoms with E-state index < -0.39 is 0 Å². The van der Waals surface area contributed by atoms with E-state index in [1.54, 1.807) is 0 Å². The lowest BCUT2D eigenvalue weighted by molar-refractivity contribution is -0.0127. The molecular formula is C17H24O2. The van der Waals surface area contributed by atoms with Crippen molar-refractivity contribution in [3.63, 3.8) is 0 Å². The summed E-state index contributed by atoms with van der Waals surface area (Å²) in [6, 6.07) is 6.66. The number of ether oxygens (including phenoxy) is 1. The number of aliphatic hydroxyl groups is 1. The van der Waals surface area contributed by atoms with Crippen LogP contribution < -0.4 is 0 Å². The van der Waals surface area contributed by atoms with Crippen molar-refractivity contribution in [1.29, 1.82) is 0 Å². The molecule has 2 rings (SSSR count). The molecule has 0 saturated carbocycles. The van der Waals surface area contributed by atoms with Crippen molar-refractivity contribution in [1.82, 2.24) is 0 Å². The van der Waals surface area contributed by atoms with Gasteiger partial charge in [-0.25, -0.2) is 0 Å². The van der Waals surface area contributed by atoms with Crippen molar-refractivity contribution >= 4 is 0 Å². The van der Waals surface area contributed by atoms with E-state index in [-0.39, 0.29) is 12.7 Å². The first-order valence-corrected chi connectivity index (χ1v) is 7.18. The maximum absolute atomic E-state index is 8.87. The molecule has 104 valence electrons. The normalized spacial score (nSPS) is 23.9. The molecule has 0 bridgehead atoms. The Bertz CT molecular complexity index is 417. The third-order valence-electron chi connectivity index (χ3n) is 3.62. The quantitative estimate of drug-likeness (QED) is 0.836. The van der Waals surface area contributed by atoms with Gasteiger partial charge in [0.05, 0.1) is 6.10 Å². The molecule has 0 aliphatic carbocycles. The van der Waals surface area contributed by atoms with E-state index in [0.717, 1.165) is 19.4 Å². The molecule has 2 heteroatoms. The van der Waals surface area contributed by atoms with Crippen molar-refractivity contribution < 1.29 is 9.84 Å². The summed E-state index contributed by atoms with van der Waals surface area (Å²) < 4.78 is 6.00. The molecule has 1 aromatic carbocycles. The Morgan fingerprint density at radius 3 is 2.68 bits per heavy atom. The smallest absolute Gasteiger partial charge is 0.0887 e. The maximum atomic E-state index is 8.87. The first-order chi connectivity index (χ1) is 9.20. The Morgan fingerprint density at radius 1 is 1.26 bits per heavy atom. The molecule has 2 nitrogen and oxygen atoms in total. The molecule has 1 aromatic rings. The highest BCUT2D eigenvalue weighted by Crippen LogP contribution is 2.35. The lowest BCUT2D eigenvalue weighted by atomic mass is 9.88. The van der Waals surface area contributed by atoms with Crippen molar-refractivity contribution in [2.24, 2.45) is 5.92 Å². The highest BCUT2D eigenvalue weighted by Gasteiger charge is 2.25. The maximum Gasteiger partial charge on any atom is 0.0887 e. The molecule has 0 radical (unpaired) electrons. The Labute approximate surface area is 116 Å². The van der Waals surface area contributed by atoms with E-state index in [1.165, 1.54) is 23.1 Å². The SMILES string of the molecule is Cc1cc(C)cc([C@H]2OCCC[C@@H]2/C=C/CCO)c1. The number of hydrogen-bond donors (Lipinski definition) is 1. The zero-order valence-corrected chi connectivity index (χ0v) is 11.9. The summed E-state index contributed by atoms with van der Waals surface area (Å²) in [6.45, 7) is 5.34. The van der Waals surface area contributed by atoms with Crippen LogP contribution in [0.5, 0.6) is 0 Å². The molecule has 0 aromatic heterocycles. The molecule has 1 aliphatic heterocycles. The van der Waals surface area contributed by atoms with Crippen LogP contribution in [0.1, 0.15) is 42.1 Å². The van der Waals surface area contributed by atoms with Gasteiger partial charge in [0.1, 0.15) is 0 Å². The minimum absolute atomic E-state index is 0.169. The van der Waals surface area contributed by atoms with Gasteiger partial charge in [0.2, 0.25) is 0 Å². The highest BCUT2D eigenvalue weighted by molar-refractivity contribution is 5.31. The fourth-order valence-electron chi connectivity index (χ4n) is 2.86. The third-order valence-corrected chi connectivity index (χ3v) is 3.62. The van der Waals surface area contributed by atoms with E-state index in [9.17, 15) is 0 Å². The van der Waals surface area contributed by atoms with Gasteiger partial charge < -0.3 is 9.84 Å². The zero-order valence-electron chi connectivity index (χ0n) is 11.9. The number of benzene rings is 1. The van der Waals surface area contributed by atoms with Crippen LogP contribution in [0.3, 0.4) is 0 Å². The van der Waals surface area contributed by atoms with Crippen LogP contribution in [0.25, 0.3) is 0 Å². The van der Waals surface area contributed by atoms with Gasteiger partial charge in [-0.1, -0.05) is 41.5 Å². The fourth-order valence-corrected chi connectivity index (χ4v) is 2.86. The summed E-state index contributed by atoms with van der Waals surface area (Å²) in [5, 5.41) is 8.87. The van der Waals surface area contributed by atoms with Gasteiger partial charge in [-0.2, -0.15) is 0 Å². The van der Waals surface area contributed by atoms with Crippen LogP contribution in [0.2, 0.25) is 0 Å². The summed E-state index contributed by atoms with van der Waals surface area (Å²) >= 11 is 0. The highest BCUT2D eigenvalue weighted by atomic mass is 16.5. The molecule has 1 fully saturated rings. The topological polar surface area (TPSA) is 29.5 Å². The molecule has 0 unspecified atom stereocenters. The Morgan fingerprint density at radius 2 is 2.00 bits per heavy atom. The number of aryl methyl sites for hydroxylation is 2. The lowest BCUT2D eigenvalue weighted by Gasteiger charge is -2.30. The summed E-state index contributed by atoms with van der Waals surface area (Å²) in [5.41, 5.74) is 3.88. The van der Waals surface area contributed by atoms with Gasteiger partial charge in [-0.3, -0.25) is 0 Å². The molecule has 19 heavy (non-hydrogen) atoms. The third kappa shape index (κ3) is 3.92. The van der Waals surface area contributed by atoms with E-state index in [0.29, 0.717) is 5.92 Å². The van der Waals surface area contributed by atoms with Crippen LogP contribution in [-0.2, 0) is 4.74 Å². The standard InChI is InChI=1S/C17H24O2/c1-13-10-14(2)12-16(11-13)17-15(6-3-4-8-18)7-5-9-19-17/h3,6,10-12,15,17-18H,4-5,7-9H2,1-2H3/b6-3+/t15-,17-/m0/s1. The Balaban J connectivity index is 2.18. The monoisotopic (exact) mass is 260 g/mol. The second-order valence-corrected chi connectivity index (χ2v) is 5.46. The van der Waals surface area contributed by atoms with E-state index in [1.807, 2.05) is 0 Å². The average molecular weight is 260 g/mol. The summed E-state index contributed by atoms with van der Waals surface area (Å²) in [7, 11) is 0. The number of hydrogen-bond acceptors (Lipinski definition) is 2. The molecule has 1 saturated heterocycles. The summed E-state index contributed by atoms with van der Waals surface area (Å²) in [4.78, 5) is 0. The first kappa shape index (κ1) is 14.3. The molecule has 1 N–H and O–H groups in total. The fraction of sp³-hybridized carbons (Fsp3) is 0.529. The predicted octanol–water partition coefficient (Wildman–Crippen LogP) is 3.71. The van der Waals surface area contributed by atoms with Gasteiger partial charge in [-0.05, 0) is 38.7 Å². The number of rotatable bonds is 4. The lowest BCUT2D eigenvalue weighted by Crippen LogP contribution is -2.21. The summed E-state index contributed by atoms with van der Waals surface area (Å²) in [6.07, 6.45) is 7.49. The number of aliphatic hydroxyl groups excluding tert-OH is 1. The van der Waals surface area contributed by atoms with E-state index in [4.69, 9.17) is 9.84 Å². The molecule has 2 atom stereocenters. The second-order valence-electron chi connectivity index (χ2n) is 5.46. The van der Waals surface area contributed by atoms with Gasteiger partial charge in [0.15, 0.2) is 0 Å².